The lowest BCUT2D eigenvalue weighted by molar-refractivity contribution is 0.656. The summed E-state index contributed by atoms with van der Waals surface area (Å²) in [6.07, 6.45) is 2.26. The highest BCUT2D eigenvalue weighted by atomic mass is 15.3. The summed E-state index contributed by atoms with van der Waals surface area (Å²) in [6, 6.07) is 8.65. The van der Waals surface area contributed by atoms with E-state index in [2.05, 4.69) is 55.0 Å². The van der Waals surface area contributed by atoms with Gasteiger partial charge in [0.25, 0.3) is 0 Å². The van der Waals surface area contributed by atoms with Crippen LogP contribution in [0, 0.1) is 20.8 Å². The van der Waals surface area contributed by atoms with Crippen molar-refractivity contribution in [3.63, 3.8) is 0 Å². The summed E-state index contributed by atoms with van der Waals surface area (Å²) < 4.78 is 2.14. The Balaban J connectivity index is 2.15. The van der Waals surface area contributed by atoms with Crippen LogP contribution in [-0.4, -0.2) is 23.4 Å². The van der Waals surface area contributed by atoms with Crippen LogP contribution in [0.4, 0.5) is 0 Å². The van der Waals surface area contributed by atoms with Gasteiger partial charge in [0.05, 0.1) is 12.2 Å². The summed E-state index contributed by atoms with van der Waals surface area (Å²) in [5.41, 5.74) is 6.51. The van der Waals surface area contributed by atoms with Crippen molar-refractivity contribution in [3.05, 3.63) is 52.3 Å². The fraction of sp³-hybridized carbons (Fsp3) is 0.471. The average molecular weight is 271 g/mol. The van der Waals surface area contributed by atoms with Crippen LogP contribution in [0.15, 0.2) is 24.3 Å². The largest absolute Gasteiger partial charge is 0.320 e. The van der Waals surface area contributed by atoms with Gasteiger partial charge >= 0.3 is 0 Å². The molecule has 3 nitrogen and oxygen atoms in total. The van der Waals surface area contributed by atoms with Gasteiger partial charge in [0.15, 0.2) is 0 Å². The maximum absolute atomic E-state index is 4.71. The predicted molar refractivity (Wildman–Crippen MR) is 84.2 cm³/mol. The Morgan fingerprint density at radius 2 is 2.00 bits per heavy atom. The zero-order valence-corrected chi connectivity index (χ0v) is 13.0. The second-order valence-electron chi connectivity index (χ2n) is 5.50. The first kappa shape index (κ1) is 14.8. The van der Waals surface area contributed by atoms with E-state index >= 15 is 0 Å². The van der Waals surface area contributed by atoms with Gasteiger partial charge in [0, 0.05) is 5.69 Å². The lowest BCUT2D eigenvalue weighted by atomic mass is 10.1. The minimum Gasteiger partial charge on any atom is -0.320 e. The Morgan fingerprint density at radius 1 is 1.20 bits per heavy atom. The number of nitrogens with one attached hydrogen (secondary N) is 1. The van der Waals surface area contributed by atoms with Gasteiger partial charge in [-0.1, -0.05) is 29.8 Å². The van der Waals surface area contributed by atoms with Crippen molar-refractivity contribution in [2.75, 3.05) is 13.6 Å². The SMILES string of the molecule is CNCCCc1c(C)nn(Cc2cccc(C)c2)c1C. The molecule has 0 aliphatic carbocycles. The van der Waals surface area contributed by atoms with Gasteiger partial charge in [-0.3, -0.25) is 4.68 Å². The van der Waals surface area contributed by atoms with E-state index in [1.165, 1.54) is 28.1 Å². The highest BCUT2D eigenvalue weighted by Crippen LogP contribution is 2.16. The summed E-state index contributed by atoms with van der Waals surface area (Å²) in [4.78, 5) is 0. The minimum atomic E-state index is 0.861. The van der Waals surface area contributed by atoms with Crippen LogP contribution < -0.4 is 5.32 Å². The van der Waals surface area contributed by atoms with E-state index < -0.39 is 0 Å². The molecule has 0 bridgehead atoms. The molecule has 0 atom stereocenters. The van der Waals surface area contributed by atoms with Crippen molar-refractivity contribution in [2.24, 2.45) is 0 Å². The highest BCUT2D eigenvalue weighted by Gasteiger charge is 2.11. The topological polar surface area (TPSA) is 29.9 Å². The zero-order chi connectivity index (χ0) is 14.5. The Morgan fingerprint density at radius 3 is 2.70 bits per heavy atom. The second kappa shape index (κ2) is 6.71. The standard InChI is InChI=1S/C17H25N3/c1-13-7-5-8-16(11-13)12-20-15(3)17(14(2)19-20)9-6-10-18-4/h5,7-8,11,18H,6,9-10,12H2,1-4H3. The third-order valence-corrected chi connectivity index (χ3v) is 3.80. The number of aromatic nitrogens is 2. The highest BCUT2D eigenvalue weighted by molar-refractivity contribution is 5.27. The Hall–Kier alpha value is -1.61. The van der Waals surface area contributed by atoms with E-state index in [9.17, 15) is 0 Å². The molecule has 1 N–H and O–H groups in total. The second-order valence-corrected chi connectivity index (χ2v) is 5.50. The lowest BCUT2D eigenvalue weighted by Crippen LogP contribution is -2.09. The fourth-order valence-electron chi connectivity index (χ4n) is 2.68. The number of hydrogen-bond donors (Lipinski definition) is 1. The molecule has 0 aliphatic rings. The quantitative estimate of drug-likeness (QED) is 0.819. The molecule has 0 spiro atoms. The van der Waals surface area contributed by atoms with Crippen molar-refractivity contribution in [2.45, 2.75) is 40.2 Å². The third kappa shape index (κ3) is 3.48. The molecule has 1 heterocycles. The van der Waals surface area contributed by atoms with E-state index in [0.717, 1.165) is 25.9 Å². The maximum atomic E-state index is 4.71. The first-order valence-electron chi connectivity index (χ1n) is 7.35. The number of nitrogens with zero attached hydrogens (tertiary/aromatic N) is 2. The summed E-state index contributed by atoms with van der Waals surface area (Å²) in [7, 11) is 2.00. The lowest BCUT2D eigenvalue weighted by Gasteiger charge is -2.07. The molecule has 0 amide bonds. The van der Waals surface area contributed by atoms with E-state index in [1.807, 2.05) is 7.05 Å². The molecule has 2 aromatic rings. The van der Waals surface area contributed by atoms with Gasteiger partial charge in [-0.25, -0.2) is 0 Å². The molecule has 1 aromatic heterocycles. The van der Waals surface area contributed by atoms with Crippen molar-refractivity contribution in [1.82, 2.24) is 15.1 Å². The summed E-state index contributed by atoms with van der Waals surface area (Å²) in [5, 5.41) is 7.91. The van der Waals surface area contributed by atoms with Gasteiger partial charge in [-0.15, -0.1) is 0 Å². The van der Waals surface area contributed by atoms with Gasteiger partial charge < -0.3 is 5.32 Å². The summed E-state index contributed by atoms with van der Waals surface area (Å²) in [5.74, 6) is 0. The van der Waals surface area contributed by atoms with Crippen molar-refractivity contribution >= 4 is 0 Å². The van der Waals surface area contributed by atoms with Crippen molar-refractivity contribution < 1.29 is 0 Å². The smallest absolute Gasteiger partial charge is 0.0662 e. The fourth-order valence-corrected chi connectivity index (χ4v) is 2.68. The normalized spacial score (nSPS) is 11.0. The minimum absolute atomic E-state index is 0.861. The Labute approximate surface area is 122 Å². The van der Waals surface area contributed by atoms with Crippen LogP contribution in [0.1, 0.15) is 34.5 Å². The van der Waals surface area contributed by atoms with Crippen LogP contribution in [0.2, 0.25) is 0 Å². The first-order chi connectivity index (χ1) is 9.61. The van der Waals surface area contributed by atoms with Crippen LogP contribution in [-0.2, 0) is 13.0 Å². The Kier molecular flexibility index (Phi) is 4.96. The monoisotopic (exact) mass is 271 g/mol. The Bertz CT molecular complexity index is 570. The van der Waals surface area contributed by atoms with Crippen LogP contribution in [0.5, 0.6) is 0 Å². The van der Waals surface area contributed by atoms with E-state index in [0.29, 0.717) is 0 Å². The number of hydrogen-bond acceptors (Lipinski definition) is 2. The molecule has 0 unspecified atom stereocenters. The van der Waals surface area contributed by atoms with Gasteiger partial charge in [0.1, 0.15) is 0 Å². The molecule has 2 rings (SSSR count). The summed E-state index contributed by atoms with van der Waals surface area (Å²) in [6.45, 7) is 8.36. The summed E-state index contributed by atoms with van der Waals surface area (Å²) >= 11 is 0. The van der Waals surface area contributed by atoms with Crippen LogP contribution in [0.25, 0.3) is 0 Å². The first-order valence-corrected chi connectivity index (χ1v) is 7.35. The van der Waals surface area contributed by atoms with Crippen molar-refractivity contribution in [3.8, 4) is 0 Å². The number of aryl methyl sites for hydroxylation is 2. The third-order valence-electron chi connectivity index (χ3n) is 3.80. The molecule has 0 saturated carbocycles. The van der Waals surface area contributed by atoms with Gasteiger partial charge in [-0.05, 0) is 58.3 Å². The molecule has 1 aromatic carbocycles. The maximum Gasteiger partial charge on any atom is 0.0662 e. The molecule has 0 fully saturated rings. The van der Waals surface area contributed by atoms with Gasteiger partial charge in [0.2, 0.25) is 0 Å². The molecule has 0 saturated heterocycles. The zero-order valence-electron chi connectivity index (χ0n) is 13.0. The van der Waals surface area contributed by atoms with E-state index in [-0.39, 0.29) is 0 Å². The molecule has 20 heavy (non-hydrogen) atoms. The molecule has 0 aliphatic heterocycles. The molecule has 108 valence electrons. The predicted octanol–water partition coefficient (Wildman–Crippen LogP) is 3.01. The van der Waals surface area contributed by atoms with E-state index in [4.69, 9.17) is 5.10 Å². The van der Waals surface area contributed by atoms with Crippen LogP contribution in [0.3, 0.4) is 0 Å². The number of rotatable bonds is 6. The number of benzene rings is 1. The van der Waals surface area contributed by atoms with Crippen molar-refractivity contribution in [1.29, 1.82) is 0 Å². The molecule has 3 heteroatoms. The van der Waals surface area contributed by atoms with E-state index in [1.54, 1.807) is 0 Å². The van der Waals surface area contributed by atoms with Crippen LogP contribution >= 0.6 is 0 Å². The average Bonchev–Trinajstić information content (AvgIpc) is 2.66. The molecular formula is C17H25N3. The molecule has 0 radical (unpaired) electrons. The molecular weight excluding hydrogens is 246 g/mol. The van der Waals surface area contributed by atoms with Gasteiger partial charge in [-0.2, -0.15) is 5.10 Å².